The average molecular weight is 446 g/mol. The lowest BCUT2D eigenvalue weighted by Gasteiger charge is -2.13. The van der Waals surface area contributed by atoms with Gasteiger partial charge in [0.25, 0.3) is 0 Å². The van der Waals surface area contributed by atoms with E-state index in [4.69, 9.17) is 14.8 Å². The molecule has 0 radical (unpaired) electrons. The summed E-state index contributed by atoms with van der Waals surface area (Å²) >= 11 is 1.52. The van der Waals surface area contributed by atoms with E-state index in [0.29, 0.717) is 23.7 Å². The van der Waals surface area contributed by atoms with Crippen molar-refractivity contribution < 1.29 is 9.53 Å². The summed E-state index contributed by atoms with van der Waals surface area (Å²) < 4.78 is 7.57. The molecule has 6 heteroatoms. The van der Waals surface area contributed by atoms with E-state index in [1.807, 2.05) is 67.8 Å². The lowest BCUT2D eigenvalue weighted by molar-refractivity contribution is 0.101. The van der Waals surface area contributed by atoms with Crippen LogP contribution in [0.4, 0.5) is 0 Å². The minimum Gasteiger partial charge on any atom is -0.493 e. The van der Waals surface area contributed by atoms with Crippen LogP contribution in [-0.4, -0.2) is 32.7 Å². The van der Waals surface area contributed by atoms with Gasteiger partial charge in [0.05, 0.1) is 23.6 Å². The Morgan fingerprint density at radius 1 is 1.00 bits per heavy atom. The molecule has 4 rings (SSSR count). The van der Waals surface area contributed by atoms with E-state index in [2.05, 4.69) is 19.1 Å². The third-order valence-electron chi connectivity index (χ3n) is 5.44. The Labute approximate surface area is 192 Å². The quantitative estimate of drug-likeness (QED) is 0.191. The molecule has 5 nitrogen and oxygen atoms in total. The maximum Gasteiger partial charge on any atom is 0.176 e. The fourth-order valence-electron chi connectivity index (χ4n) is 3.96. The minimum absolute atomic E-state index is 0.0379. The third kappa shape index (κ3) is 4.15. The Balaban J connectivity index is 1.75. The molecular formula is C26H27N3O2S. The number of aromatic nitrogens is 3. The number of benzene rings is 2. The zero-order chi connectivity index (χ0) is 22.7. The molecule has 0 amide bonds. The Morgan fingerprint density at radius 3 is 2.44 bits per heavy atom. The smallest absolute Gasteiger partial charge is 0.176 e. The number of hydrogen-bond acceptors (Lipinski definition) is 5. The highest BCUT2D eigenvalue weighted by Gasteiger charge is 2.21. The normalized spacial score (nSPS) is 11.1. The van der Waals surface area contributed by atoms with Crippen LogP contribution in [-0.2, 0) is 6.42 Å². The number of hydrogen-bond donors (Lipinski definition) is 0. The monoisotopic (exact) mass is 445 g/mol. The molecule has 0 spiro atoms. The molecule has 2 heterocycles. The largest absolute Gasteiger partial charge is 0.493 e. The van der Waals surface area contributed by atoms with Gasteiger partial charge in [-0.1, -0.05) is 61.2 Å². The molecule has 0 fully saturated rings. The average Bonchev–Trinajstić information content (AvgIpc) is 3.13. The molecule has 0 bridgehead atoms. The summed E-state index contributed by atoms with van der Waals surface area (Å²) in [5.74, 6) is 0.972. The Kier molecular flexibility index (Phi) is 6.61. The molecule has 2 aromatic carbocycles. The Bertz CT molecular complexity index is 1270. The molecule has 0 aliphatic carbocycles. The van der Waals surface area contributed by atoms with Crippen LogP contribution in [0.3, 0.4) is 0 Å². The highest BCUT2D eigenvalue weighted by Crippen LogP contribution is 2.33. The number of ketones is 1. The number of carbonyl (C=O) groups is 1. The van der Waals surface area contributed by atoms with E-state index >= 15 is 0 Å². The predicted molar refractivity (Wildman–Crippen MR) is 130 cm³/mol. The standard InChI is InChI=1S/C26H27N3O2S/c1-5-20-17(3)27-25-24(19-12-8-7-9-13-19)18(4)28-29(25)26(20)32-16-22(30)21-14-10-11-15-23(21)31-6-2/h7-15H,5-6,16H2,1-4H3. The topological polar surface area (TPSA) is 56.5 Å². The summed E-state index contributed by atoms with van der Waals surface area (Å²) in [7, 11) is 0. The first-order valence-corrected chi connectivity index (χ1v) is 11.9. The van der Waals surface area contributed by atoms with Crippen LogP contribution in [0, 0.1) is 13.8 Å². The molecule has 32 heavy (non-hydrogen) atoms. The fourth-order valence-corrected chi connectivity index (χ4v) is 5.10. The summed E-state index contributed by atoms with van der Waals surface area (Å²) in [5, 5.41) is 5.81. The Morgan fingerprint density at radius 2 is 1.72 bits per heavy atom. The van der Waals surface area contributed by atoms with E-state index in [1.54, 1.807) is 0 Å². The summed E-state index contributed by atoms with van der Waals surface area (Å²) in [6.07, 6.45) is 0.820. The first-order valence-electron chi connectivity index (χ1n) is 10.9. The van der Waals surface area contributed by atoms with Crippen molar-refractivity contribution >= 4 is 23.2 Å². The van der Waals surface area contributed by atoms with Crippen LogP contribution in [0.2, 0.25) is 0 Å². The van der Waals surface area contributed by atoms with Crippen molar-refractivity contribution in [1.29, 1.82) is 0 Å². The molecular weight excluding hydrogens is 418 g/mol. The van der Waals surface area contributed by atoms with Crippen LogP contribution < -0.4 is 4.74 Å². The molecule has 0 aliphatic heterocycles. The van der Waals surface area contributed by atoms with Gasteiger partial charge in [-0.2, -0.15) is 5.10 Å². The molecule has 0 saturated heterocycles. The van der Waals surface area contributed by atoms with Crippen molar-refractivity contribution in [3.05, 3.63) is 77.1 Å². The van der Waals surface area contributed by atoms with Crippen molar-refractivity contribution in [2.45, 2.75) is 39.1 Å². The number of aryl methyl sites for hydroxylation is 2. The van der Waals surface area contributed by atoms with Crippen LogP contribution in [0.5, 0.6) is 5.75 Å². The molecule has 4 aromatic rings. The van der Waals surface area contributed by atoms with E-state index in [9.17, 15) is 4.79 Å². The molecule has 164 valence electrons. The first-order chi connectivity index (χ1) is 15.5. The summed E-state index contributed by atoms with van der Waals surface area (Å²) in [5.41, 5.74) is 6.58. The van der Waals surface area contributed by atoms with Crippen LogP contribution in [0.15, 0.2) is 59.6 Å². The zero-order valence-electron chi connectivity index (χ0n) is 18.9. The van der Waals surface area contributed by atoms with Gasteiger partial charge in [-0.05, 0) is 44.9 Å². The van der Waals surface area contributed by atoms with Gasteiger partial charge in [0.15, 0.2) is 11.4 Å². The first kappa shape index (κ1) is 22.1. The molecule has 0 unspecified atom stereocenters. The highest BCUT2D eigenvalue weighted by atomic mass is 32.2. The maximum atomic E-state index is 13.1. The van der Waals surface area contributed by atoms with Crippen LogP contribution in [0.25, 0.3) is 16.8 Å². The van der Waals surface area contributed by atoms with Gasteiger partial charge in [0.1, 0.15) is 10.8 Å². The van der Waals surface area contributed by atoms with Gasteiger partial charge in [0, 0.05) is 16.8 Å². The van der Waals surface area contributed by atoms with Gasteiger partial charge in [-0.15, -0.1) is 0 Å². The number of para-hydroxylation sites is 1. The number of Topliss-reactive ketones (excluding diaryl/α,β-unsaturated/α-hetero) is 1. The molecule has 0 aliphatic rings. The number of carbonyl (C=O) groups excluding carboxylic acids is 1. The van der Waals surface area contributed by atoms with Crippen molar-refractivity contribution in [2.75, 3.05) is 12.4 Å². The van der Waals surface area contributed by atoms with E-state index in [-0.39, 0.29) is 5.78 Å². The third-order valence-corrected chi connectivity index (χ3v) is 6.54. The lowest BCUT2D eigenvalue weighted by Crippen LogP contribution is -2.09. The number of thioether (sulfide) groups is 1. The highest BCUT2D eigenvalue weighted by molar-refractivity contribution is 8.00. The van der Waals surface area contributed by atoms with Gasteiger partial charge in [-0.25, -0.2) is 9.50 Å². The molecule has 2 aromatic heterocycles. The molecule has 0 atom stereocenters. The van der Waals surface area contributed by atoms with E-state index < -0.39 is 0 Å². The van der Waals surface area contributed by atoms with Crippen molar-refractivity contribution in [2.24, 2.45) is 0 Å². The summed E-state index contributed by atoms with van der Waals surface area (Å²) in [4.78, 5) is 18.0. The Hall–Kier alpha value is -3.12. The van der Waals surface area contributed by atoms with Gasteiger partial charge in [-0.3, -0.25) is 4.79 Å². The number of rotatable bonds is 8. The van der Waals surface area contributed by atoms with Crippen molar-refractivity contribution in [3.8, 4) is 16.9 Å². The van der Waals surface area contributed by atoms with Crippen LogP contribution >= 0.6 is 11.8 Å². The lowest BCUT2D eigenvalue weighted by atomic mass is 10.1. The SMILES string of the molecule is CCOc1ccccc1C(=O)CSc1c(CC)c(C)nc2c(-c3ccccc3)c(C)nn12. The molecule has 0 saturated carbocycles. The van der Waals surface area contributed by atoms with E-state index in [1.165, 1.54) is 11.8 Å². The number of nitrogens with zero attached hydrogens (tertiary/aromatic N) is 3. The fraction of sp³-hybridized carbons (Fsp3) is 0.269. The van der Waals surface area contributed by atoms with Crippen molar-refractivity contribution in [1.82, 2.24) is 14.6 Å². The maximum absolute atomic E-state index is 13.1. The second-order valence-electron chi connectivity index (χ2n) is 7.54. The van der Waals surface area contributed by atoms with Crippen LogP contribution in [0.1, 0.15) is 41.2 Å². The van der Waals surface area contributed by atoms with Gasteiger partial charge in [0.2, 0.25) is 0 Å². The van der Waals surface area contributed by atoms with Gasteiger partial charge >= 0.3 is 0 Å². The number of fused-ring (bicyclic) bond motifs is 1. The van der Waals surface area contributed by atoms with Crippen molar-refractivity contribution in [3.63, 3.8) is 0 Å². The zero-order valence-corrected chi connectivity index (χ0v) is 19.7. The van der Waals surface area contributed by atoms with Gasteiger partial charge < -0.3 is 4.74 Å². The predicted octanol–water partition coefficient (Wildman–Crippen LogP) is 5.95. The second-order valence-corrected chi connectivity index (χ2v) is 8.50. The molecule has 0 N–H and O–H groups in total. The minimum atomic E-state index is 0.0379. The summed E-state index contributed by atoms with van der Waals surface area (Å²) in [6.45, 7) is 8.60. The second kappa shape index (κ2) is 9.57. The van der Waals surface area contributed by atoms with E-state index in [0.717, 1.165) is 45.2 Å². The summed E-state index contributed by atoms with van der Waals surface area (Å²) in [6, 6.07) is 17.6. The number of ether oxygens (including phenoxy) is 1.